The van der Waals surface area contributed by atoms with Crippen molar-refractivity contribution < 1.29 is 31.2 Å². The van der Waals surface area contributed by atoms with E-state index in [0.29, 0.717) is 4.31 Å². The van der Waals surface area contributed by atoms with Gasteiger partial charge < -0.3 is 5.32 Å². The van der Waals surface area contributed by atoms with Crippen LogP contribution in [0.15, 0.2) is 42.5 Å². The average molecular weight is 433 g/mol. The number of rotatable bonds is 3. The summed E-state index contributed by atoms with van der Waals surface area (Å²) in [6.45, 7) is 0. The highest BCUT2D eigenvalue weighted by Gasteiger charge is 2.36. The monoisotopic (exact) mass is 432 g/mol. The first kappa shape index (κ1) is 20.2. The Balaban J connectivity index is 1.85. The van der Waals surface area contributed by atoms with Crippen molar-refractivity contribution in [2.24, 2.45) is 0 Å². The summed E-state index contributed by atoms with van der Waals surface area (Å²) in [5, 5.41) is 2.15. The van der Waals surface area contributed by atoms with Crippen molar-refractivity contribution in [3.05, 3.63) is 58.6 Å². The summed E-state index contributed by atoms with van der Waals surface area (Å²) in [6.07, 6.45) is -4.72. The molecule has 28 heavy (non-hydrogen) atoms. The summed E-state index contributed by atoms with van der Waals surface area (Å²) in [5.74, 6) is -1.72. The molecule has 1 aliphatic rings. The second-order valence-electron chi connectivity index (χ2n) is 5.92. The fraction of sp³-hybridized carbons (Fsp3) is 0.176. The second kappa shape index (κ2) is 7.10. The number of sulfonamides is 1. The number of hydrogen-bond donors (Lipinski definition) is 1. The molecule has 11 heteroatoms. The van der Waals surface area contributed by atoms with E-state index in [1.807, 2.05) is 0 Å². The van der Waals surface area contributed by atoms with Gasteiger partial charge in [0, 0.05) is 12.1 Å². The molecule has 2 aromatic rings. The molecule has 0 saturated carbocycles. The van der Waals surface area contributed by atoms with E-state index in [1.165, 1.54) is 18.2 Å². The van der Waals surface area contributed by atoms with Gasteiger partial charge in [0.05, 0.1) is 27.6 Å². The van der Waals surface area contributed by atoms with Crippen LogP contribution in [0.25, 0.3) is 0 Å². The van der Waals surface area contributed by atoms with Crippen molar-refractivity contribution in [3.63, 3.8) is 0 Å². The Hall–Kier alpha value is -2.59. The largest absolute Gasteiger partial charge is 0.416 e. The van der Waals surface area contributed by atoms with Gasteiger partial charge in [-0.1, -0.05) is 17.7 Å². The molecule has 2 amide bonds. The van der Waals surface area contributed by atoms with Gasteiger partial charge in [-0.25, -0.2) is 12.7 Å². The van der Waals surface area contributed by atoms with Gasteiger partial charge in [-0.3, -0.25) is 9.59 Å². The molecule has 3 rings (SSSR count). The lowest BCUT2D eigenvalue weighted by Gasteiger charge is -2.16. The molecule has 0 radical (unpaired) electrons. The van der Waals surface area contributed by atoms with Crippen LogP contribution in [0.5, 0.6) is 0 Å². The number of benzene rings is 2. The average Bonchev–Trinajstić information content (AvgIpc) is 2.87. The van der Waals surface area contributed by atoms with Gasteiger partial charge in [0.15, 0.2) is 0 Å². The van der Waals surface area contributed by atoms with Crippen LogP contribution >= 0.6 is 11.6 Å². The number of hydrogen-bond acceptors (Lipinski definition) is 4. The minimum atomic E-state index is -4.56. The maximum absolute atomic E-state index is 12.8. The smallest absolute Gasteiger partial charge is 0.322 e. The van der Waals surface area contributed by atoms with Crippen LogP contribution in [0.4, 0.5) is 24.5 Å². The maximum Gasteiger partial charge on any atom is 0.416 e. The molecule has 1 heterocycles. The van der Waals surface area contributed by atoms with Crippen molar-refractivity contribution in [2.75, 3.05) is 15.4 Å². The van der Waals surface area contributed by atoms with E-state index in [1.54, 1.807) is 0 Å². The van der Waals surface area contributed by atoms with E-state index >= 15 is 0 Å². The topological polar surface area (TPSA) is 83.6 Å². The van der Waals surface area contributed by atoms with Gasteiger partial charge in [-0.05, 0) is 36.4 Å². The molecule has 0 aliphatic carbocycles. The van der Waals surface area contributed by atoms with Crippen LogP contribution in [-0.4, -0.2) is 26.0 Å². The molecule has 1 fully saturated rings. The van der Waals surface area contributed by atoms with Gasteiger partial charge >= 0.3 is 6.18 Å². The van der Waals surface area contributed by atoms with Crippen molar-refractivity contribution in [3.8, 4) is 0 Å². The first-order valence-electron chi connectivity index (χ1n) is 7.83. The summed E-state index contributed by atoms with van der Waals surface area (Å²) in [5.41, 5.74) is -1.11. The lowest BCUT2D eigenvalue weighted by Crippen LogP contribution is -2.29. The molecular weight excluding hydrogens is 421 g/mol. The molecule has 0 aromatic heterocycles. The van der Waals surface area contributed by atoms with Crippen LogP contribution in [0.1, 0.15) is 22.3 Å². The predicted molar refractivity (Wildman–Crippen MR) is 96.7 cm³/mol. The number of carbonyl (C=O) groups excluding carboxylic acids is 2. The number of halogens is 4. The predicted octanol–water partition coefficient (Wildman–Crippen LogP) is 3.68. The first-order valence-corrected chi connectivity index (χ1v) is 9.82. The third kappa shape index (κ3) is 3.97. The summed E-state index contributed by atoms with van der Waals surface area (Å²) < 4.78 is 62.8. The second-order valence-corrected chi connectivity index (χ2v) is 8.27. The van der Waals surface area contributed by atoms with E-state index < -0.39 is 33.6 Å². The Morgan fingerprint density at radius 2 is 1.86 bits per heavy atom. The number of nitrogens with one attached hydrogen (secondary N) is 1. The van der Waals surface area contributed by atoms with Gasteiger partial charge in [0.2, 0.25) is 15.9 Å². The van der Waals surface area contributed by atoms with E-state index in [-0.39, 0.29) is 34.1 Å². The Labute approximate surface area is 163 Å². The highest BCUT2D eigenvalue weighted by molar-refractivity contribution is 7.94. The molecular formula is C17H12ClF3N2O4S. The van der Waals surface area contributed by atoms with Gasteiger partial charge in [0.1, 0.15) is 0 Å². The van der Waals surface area contributed by atoms with Crippen molar-refractivity contribution in [1.29, 1.82) is 0 Å². The quantitative estimate of drug-likeness (QED) is 0.802. The standard InChI is InChI=1S/C17H12ClF3N2O4S/c18-14-9-12(23-15(24)6-7-28(23,26)27)4-5-13(14)16(25)22-11-3-1-2-10(8-11)17(19,20)21/h1-5,8-9H,6-7H2,(H,22,25). The van der Waals surface area contributed by atoms with Gasteiger partial charge in [-0.15, -0.1) is 0 Å². The molecule has 0 spiro atoms. The van der Waals surface area contributed by atoms with Crippen LogP contribution in [0, 0.1) is 0 Å². The highest BCUT2D eigenvalue weighted by Crippen LogP contribution is 2.32. The highest BCUT2D eigenvalue weighted by atomic mass is 35.5. The summed E-state index contributed by atoms with van der Waals surface area (Å²) >= 11 is 6.04. The van der Waals surface area contributed by atoms with E-state index in [2.05, 4.69) is 5.32 Å². The molecule has 1 aliphatic heterocycles. The number of nitrogens with zero attached hydrogens (tertiary/aromatic N) is 1. The van der Waals surface area contributed by atoms with Crippen molar-refractivity contribution >= 4 is 44.8 Å². The molecule has 1 saturated heterocycles. The SMILES string of the molecule is O=C(Nc1cccc(C(F)(F)F)c1)c1ccc(N2C(=O)CCS2(=O)=O)cc1Cl. The number of anilines is 2. The zero-order valence-corrected chi connectivity index (χ0v) is 15.5. The van der Waals surface area contributed by atoms with Crippen LogP contribution in [-0.2, 0) is 21.0 Å². The minimum Gasteiger partial charge on any atom is -0.322 e. The third-order valence-corrected chi connectivity index (χ3v) is 5.96. The summed E-state index contributed by atoms with van der Waals surface area (Å²) in [7, 11) is -3.79. The van der Waals surface area contributed by atoms with Gasteiger partial charge in [-0.2, -0.15) is 13.2 Å². The first-order chi connectivity index (χ1) is 13.0. The molecule has 1 N–H and O–H groups in total. The zero-order chi connectivity index (χ0) is 20.7. The Morgan fingerprint density at radius 3 is 2.43 bits per heavy atom. The fourth-order valence-corrected chi connectivity index (χ4v) is 4.37. The number of carbonyl (C=O) groups is 2. The Bertz CT molecular complexity index is 1070. The number of amides is 2. The van der Waals surface area contributed by atoms with Crippen LogP contribution < -0.4 is 9.62 Å². The molecule has 0 atom stereocenters. The Kier molecular flexibility index (Phi) is 5.11. The third-order valence-electron chi connectivity index (χ3n) is 3.96. The lowest BCUT2D eigenvalue weighted by molar-refractivity contribution is -0.137. The van der Waals surface area contributed by atoms with Crippen molar-refractivity contribution in [2.45, 2.75) is 12.6 Å². The Morgan fingerprint density at radius 1 is 1.14 bits per heavy atom. The minimum absolute atomic E-state index is 0.0110. The lowest BCUT2D eigenvalue weighted by atomic mass is 10.1. The van der Waals surface area contributed by atoms with Crippen molar-refractivity contribution in [1.82, 2.24) is 0 Å². The summed E-state index contributed by atoms with van der Waals surface area (Å²) in [4.78, 5) is 24.2. The van der Waals surface area contributed by atoms with E-state index in [0.717, 1.165) is 24.3 Å². The molecule has 0 unspecified atom stereocenters. The maximum atomic E-state index is 12.8. The molecule has 148 valence electrons. The van der Waals surface area contributed by atoms with Gasteiger partial charge in [0.25, 0.3) is 5.91 Å². The van der Waals surface area contributed by atoms with Crippen LogP contribution in [0.2, 0.25) is 5.02 Å². The van der Waals surface area contributed by atoms with E-state index in [4.69, 9.17) is 11.6 Å². The fourth-order valence-electron chi connectivity index (χ4n) is 2.66. The molecule has 0 bridgehead atoms. The number of alkyl halides is 3. The molecule has 2 aromatic carbocycles. The normalized spacial score (nSPS) is 16.3. The molecule has 6 nitrogen and oxygen atoms in total. The van der Waals surface area contributed by atoms with Crippen LogP contribution in [0.3, 0.4) is 0 Å². The van der Waals surface area contributed by atoms with E-state index in [9.17, 15) is 31.2 Å². The summed E-state index contributed by atoms with van der Waals surface area (Å²) in [6, 6.07) is 7.64. The zero-order valence-electron chi connectivity index (χ0n) is 14.0.